The zero-order valence-electron chi connectivity index (χ0n) is 16.8. The maximum Gasteiger partial charge on any atom is 0.356 e. The fourth-order valence-corrected chi connectivity index (χ4v) is 4.07. The van der Waals surface area contributed by atoms with Gasteiger partial charge in [-0.1, -0.05) is 13.8 Å². The zero-order chi connectivity index (χ0) is 20.4. The Labute approximate surface area is 164 Å². The molecular weight excluding hydrogens is 361 g/mol. The number of carbonyl (C=O) groups is 2. The van der Waals surface area contributed by atoms with Crippen LogP contribution in [0.4, 0.5) is 10.1 Å². The Morgan fingerprint density at radius 3 is 2.64 bits per heavy atom. The molecule has 1 amide bonds. The number of nitrogens with one attached hydrogen (secondary N) is 2. The minimum Gasteiger partial charge on any atom is -0.461 e. The van der Waals surface area contributed by atoms with E-state index < -0.39 is 11.8 Å². The second-order valence-corrected chi connectivity index (χ2v) is 7.85. The van der Waals surface area contributed by atoms with E-state index in [4.69, 9.17) is 4.74 Å². The minimum absolute atomic E-state index is 0.128. The Balaban J connectivity index is 1.89. The molecule has 0 saturated carbocycles. The number of halogens is 1. The third kappa shape index (κ3) is 4.19. The maximum absolute atomic E-state index is 13.8. The van der Waals surface area contributed by atoms with Gasteiger partial charge in [0.05, 0.1) is 18.3 Å². The number of likely N-dealkylation sites (tertiary alicyclic amines) is 1. The van der Waals surface area contributed by atoms with Crippen LogP contribution in [-0.2, 0) is 9.53 Å². The van der Waals surface area contributed by atoms with Gasteiger partial charge in [-0.15, -0.1) is 0 Å². The molecule has 1 aliphatic rings. The van der Waals surface area contributed by atoms with Gasteiger partial charge >= 0.3 is 5.97 Å². The number of aromatic amines is 1. The lowest BCUT2D eigenvalue weighted by molar-refractivity contribution is -0.121. The number of piperidine rings is 1. The van der Waals surface area contributed by atoms with Crippen LogP contribution < -0.4 is 5.32 Å². The average Bonchev–Trinajstić information content (AvgIpc) is 2.98. The van der Waals surface area contributed by atoms with Gasteiger partial charge in [-0.2, -0.15) is 0 Å². The highest BCUT2D eigenvalue weighted by atomic mass is 19.1. The molecule has 2 heterocycles. The van der Waals surface area contributed by atoms with Gasteiger partial charge in [0.1, 0.15) is 11.5 Å². The summed E-state index contributed by atoms with van der Waals surface area (Å²) in [5, 5.41) is 3.30. The fourth-order valence-electron chi connectivity index (χ4n) is 4.07. The van der Waals surface area contributed by atoms with Crippen LogP contribution in [0.5, 0.6) is 0 Å². The molecule has 2 N–H and O–H groups in total. The predicted octanol–water partition coefficient (Wildman–Crippen LogP) is 3.79. The summed E-state index contributed by atoms with van der Waals surface area (Å²) in [4.78, 5) is 30.4. The molecule has 1 aromatic heterocycles. The van der Waals surface area contributed by atoms with E-state index in [9.17, 15) is 14.0 Å². The van der Waals surface area contributed by atoms with Crippen molar-refractivity contribution in [3.63, 3.8) is 0 Å². The number of esters is 1. The minimum atomic E-state index is -0.581. The van der Waals surface area contributed by atoms with Gasteiger partial charge in [-0.25, -0.2) is 9.18 Å². The smallest absolute Gasteiger partial charge is 0.356 e. The molecule has 3 rings (SSSR count). The number of hydrogen-bond donors (Lipinski definition) is 2. The van der Waals surface area contributed by atoms with E-state index >= 15 is 0 Å². The maximum atomic E-state index is 13.8. The van der Waals surface area contributed by atoms with E-state index in [-0.39, 0.29) is 29.9 Å². The molecule has 0 radical (unpaired) electrons. The molecule has 3 atom stereocenters. The van der Waals surface area contributed by atoms with Crippen LogP contribution in [0.3, 0.4) is 0 Å². The largest absolute Gasteiger partial charge is 0.461 e. The summed E-state index contributed by atoms with van der Waals surface area (Å²) < 4.78 is 18.9. The monoisotopic (exact) mass is 389 g/mol. The molecule has 1 fully saturated rings. The summed E-state index contributed by atoms with van der Waals surface area (Å²) >= 11 is 0. The Morgan fingerprint density at radius 1 is 1.32 bits per heavy atom. The van der Waals surface area contributed by atoms with Gasteiger partial charge in [0.15, 0.2) is 0 Å². The Bertz CT molecular complexity index is 869. The number of nitrogens with zero attached hydrogens (tertiary/aromatic N) is 1. The number of H-pyrrole nitrogens is 1. The molecule has 7 heteroatoms. The molecule has 0 bridgehead atoms. The lowest BCUT2D eigenvalue weighted by Crippen LogP contribution is -2.48. The van der Waals surface area contributed by atoms with Crippen molar-refractivity contribution in [1.29, 1.82) is 0 Å². The predicted molar refractivity (Wildman–Crippen MR) is 107 cm³/mol. The highest BCUT2D eigenvalue weighted by Gasteiger charge is 2.30. The summed E-state index contributed by atoms with van der Waals surface area (Å²) in [6.07, 6.45) is 1.15. The second kappa shape index (κ2) is 8.31. The van der Waals surface area contributed by atoms with Crippen molar-refractivity contribution in [2.75, 3.05) is 25.0 Å². The number of rotatable bonds is 5. The SMILES string of the molecule is CCOC(=O)c1[nH]c2ccc(F)cc2c1NC(=O)[C@H](C)N1C[C@H](C)C[C@@H](C)C1. The number of aromatic nitrogens is 1. The van der Waals surface area contributed by atoms with E-state index in [1.54, 1.807) is 13.0 Å². The number of anilines is 1. The standard InChI is InChI=1S/C21H28FN3O3/c1-5-28-21(27)19-18(16-9-15(22)6-7-17(16)23-19)24-20(26)14(4)25-10-12(2)8-13(3)11-25/h6-7,9,12-14,23H,5,8,10-11H2,1-4H3,(H,24,26)/t12-,13-,14+/m1/s1. The molecule has 152 valence electrons. The third-order valence-corrected chi connectivity index (χ3v) is 5.31. The highest BCUT2D eigenvalue weighted by Crippen LogP contribution is 2.30. The van der Waals surface area contributed by atoms with Crippen molar-refractivity contribution in [2.24, 2.45) is 11.8 Å². The molecular formula is C21H28FN3O3. The first-order valence-electron chi connectivity index (χ1n) is 9.83. The summed E-state index contributed by atoms with van der Waals surface area (Å²) in [6, 6.07) is 3.79. The molecule has 2 aromatic rings. The van der Waals surface area contributed by atoms with Crippen LogP contribution in [0.2, 0.25) is 0 Å². The number of ether oxygens (including phenoxy) is 1. The Morgan fingerprint density at radius 2 is 2.00 bits per heavy atom. The first-order chi connectivity index (χ1) is 13.3. The van der Waals surface area contributed by atoms with E-state index in [2.05, 4.69) is 29.0 Å². The van der Waals surface area contributed by atoms with Crippen LogP contribution in [-0.4, -0.2) is 47.5 Å². The third-order valence-electron chi connectivity index (χ3n) is 5.31. The molecule has 28 heavy (non-hydrogen) atoms. The first kappa shape index (κ1) is 20.3. The molecule has 1 saturated heterocycles. The van der Waals surface area contributed by atoms with Crippen LogP contribution in [0.15, 0.2) is 18.2 Å². The average molecular weight is 389 g/mol. The topological polar surface area (TPSA) is 74.4 Å². The second-order valence-electron chi connectivity index (χ2n) is 7.85. The highest BCUT2D eigenvalue weighted by molar-refractivity contribution is 6.11. The van der Waals surface area contributed by atoms with Crippen LogP contribution in [0.1, 0.15) is 44.6 Å². The molecule has 0 aliphatic carbocycles. The lowest BCUT2D eigenvalue weighted by atomic mass is 9.91. The van der Waals surface area contributed by atoms with Crippen molar-refractivity contribution in [3.8, 4) is 0 Å². The number of fused-ring (bicyclic) bond motifs is 1. The van der Waals surface area contributed by atoms with Crippen molar-refractivity contribution >= 4 is 28.5 Å². The van der Waals surface area contributed by atoms with Gasteiger partial charge in [-0.3, -0.25) is 9.69 Å². The normalized spacial score (nSPS) is 21.5. The van der Waals surface area contributed by atoms with Gasteiger partial charge in [0.25, 0.3) is 0 Å². The van der Waals surface area contributed by atoms with Gasteiger partial charge in [-0.05, 0) is 50.3 Å². The first-order valence-corrected chi connectivity index (χ1v) is 9.83. The van der Waals surface area contributed by atoms with Crippen molar-refractivity contribution in [1.82, 2.24) is 9.88 Å². The van der Waals surface area contributed by atoms with E-state index in [1.807, 2.05) is 6.92 Å². The van der Waals surface area contributed by atoms with E-state index in [0.717, 1.165) is 19.5 Å². The van der Waals surface area contributed by atoms with Crippen LogP contribution >= 0.6 is 0 Å². The lowest BCUT2D eigenvalue weighted by Gasteiger charge is -2.38. The van der Waals surface area contributed by atoms with Crippen LogP contribution in [0.25, 0.3) is 10.9 Å². The zero-order valence-corrected chi connectivity index (χ0v) is 16.8. The molecule has 6 nitrogen and oxygen atoms in total. The number of carbonyl (C=O) groups excluding carboxylic acids is 2. The molecule has 1 aliphatic heterocycles. The van der Waals surface area contributed by atoms with Crippen molar-refractivity contribution in [2.45, 2.75) is 40.2 Å². The van der Waals surface area contributed by atoms with Gasteiger partial charge in [0, 0.05) is 24.0 Å². The number of hydrogen-bond acceptors (Lipinski definition) is 4. The van der Waals surface area contributed by atoms with E-state index in [1.165, 1.54) is 12.1 Å². The van der Waals surface area contributed by atoms with E-state index in [0.29, 0.717) is 22.7 Å². The molecule has 0 spiro atoms. The van der Waals surface area contributed by atoms with Crippen molar-refractivity contribution in [3.05, 3.63) is 29.7 Å². The summed E-state index contributed by atoms with van der Waals surface area (Å²) in [7, 11) is 0. The molecule has 0 unspecified atom stereocenters. The number of amides is 1. The quantitative estimate of drug-likeness (QED) is 0.763. The Hall–Kier alpha value is -2.41. The van der Waals surface area contributed by atoms with Crippen LogP contribution in [0, 0.1) is 17.7 Å². The summed E-state index contributed by atoms with van der Waals surface area (Å²) in [5.41, 5.74) is 0.957. The van der Waals surface area contributed by atoms with Gasteiger partial charge in [0.2, 0.25) is 5.91 Å². The molecule has 1 aromatic carbocycles. The summed E-state index contributed by atoms with van der Waals surface area (Å²) in [6.45, 7) is 9.86. The van der Waals surface area contributed by atoms with Crippen molar-refractivity contribution < 1.29 is 18.7 Å². The fraction of sp³-hybridized carbons (Fsp3) is 0.524. The Kier molecular flexibility index (Phi) is 6.03. The summed E-state index contributed by atoms with van der Waals surface area (Å²) in [5.74, 6) is -0.198. The van der Waals surface area contributed by atoms with Gasteiger partial charge < -0.3 is 15.0 Å². The number of benzene rings is 1.